The Hall–Kier alpha value is -0.600. The summed E-state index contributed by atoms with van der Waals surface area (Å²) in [5.41, 5.74) is 6.92. The van der Waals surface area contributed by atoms with Crippen molar-refractivity contribution < 1.29 is 8.42 Å². The van der Waals surface area contributed by atoms with Crippen LogP contribution in [0.2, 0.25) is 5.02 Å². The van der Waals surface area contributed by atoms with Gasteiger partial charge in [-0.3, -0.25) is 0 Å². The van der Waals surface area contributed by atoms with E-state index in [1.807, 2.05) is 0 Å². The predicted molar refractivity (Wildman–Crippen MR) is 86.5 cm³/mol. The standard InChI is InChI=1S/C12H12BrClN2O2S2/c1-16(7-8-6-9(15)2-3-11(8)14)20(17,18)12-10(13)4-5-19-12/h2-6H,7,15H2,1H3. The van der Waals surface area contributed by atoms with Gasteiger partial charge in [-0.15, -0.1) is 11.3 Å². The van der Waals surface area contributed by atoms with Gasteiger partial charge in [0.05, 0.1) is 0 Å². The van der Waals surface area contributed by atoms with Gasteiger partial charge in [-0.2, -0.15) is 4.31 Å². The first-order valence-electron chi connectivity index (χ1n) is 5.55. The molecule has 0 amide bonds. The first-order chi connectivity index (χ1) is 9.32. The zero-order chi connectivity index (χ0) is 14.9. The molecule has 4 nitrogen and oxygen atoms in total. The van der Waals surface area contributed by atoms with E-state index in [2.05, 4.69) is 15.9 Å². The maximum absolute atomic E-state index is 12.4. The quantitative estimate of drug-likeness (QED) is 0.805. The van der Waals surface area contributed by atoms with Crippen LogP contribution in [0.3, 0.4) is 0 Å². The molecule has 108 valence electrons. The average molecular weight is 396 g/mol. The summed E-state index contributed by atoms with van der Waals surface area (Å²) in [4.78, 5) is 0. The number of anilines is 1. The SMILES string of the molecule is CN(Cc1cc(N)ccc1Cl)S(=O)(=O)c1sccc1Br. The molecule has 1 aromatic heterocycles. The van der Waals surface area contributed by atoms with E-state index in [-0.39, 0.29) is 10.8 Å². The second-order valence-corrected chi connectivity index (χ2v) is 8.59. The molecular formula is C12H12BrClN2O2S2. The monoisotopic (exact) mass is 394 g/mol. The fraction of sp³-hybridized carbons (Fsp3) is 0.167. The lowest BCUT2D eigenvalue weighted by Gasteiger charge is -2.17. The highest BCUT2D eigenvalue weighted by atomic mass is 79.9. The van der Waals surface area contributed by atoms with Crippen molar-refractivity contribution in [3.8, 4) is 0 Å². The lowest BCUT2D eigenvalue weighted by molar-refractivity contribution is 0.468. The van der Waals surface area contributed by atoms with Gasteiger partial charge in [0.25, 0.3) is 10.0 Å². The third-order valence-electron chi connectivity index (χ3n) is 2.69. The van der Waals surface area contributed by atoms with Crippen LogP contribution >= 0.6 is 38.9 Å². The zero-order valence-corrected chi connectivity index (χ0v) is 14.5. The van der Waals surface area contributed by atoms with Crippen molar-refractivity contribution in [3.63, 3.8) is 0 Å². The largest absolute Gasteiger partial charge is 0.399 e. The molecule has 0 radical (unpaired) electrons. The molecular weight excluding hydrogens is 384 g/mol. The minimum absolute atomic E-state index is 0.163. The lowest BCUT2D eigenvalue weighted by atomic mass is 10.2. The molecule has 1 aromatic carbocycles. The van der Waals surface area contributed by atoms with Gasteiger partial charge in [-0.05, 0) is 51.1 Å². The van der Waals surface area contributed by atoms with E-state index in [4.69, 9.17) is 17.3 Å². The average Bonchev–Trinajstić information content (AvgIpc) is 2.80. The third-order valence-corrected chi connectivity index (χ3v) is 7.51. The molecule has 0 bridgehead atoms. The molecule has 0 atom stereocenters. The second-order valence-electron chi connectivity index (χ2n) is 4.17. The Labute approximate surface area is 135 Å². The van der Waals surface area contributed by atoms with Crippen LogP contribution in [0.25, 0.3) is 0 Å². The molecule has 1 heterocycles. The van der Waals surface area contributed by atoms with Crippen LogP contribution in [-0.2, 0) is 16.6 Å². The Kier molecular flexibility index (Phi) is 4.76. The van der Waals surface area contributed by atoms with Gasteiger partial charge in [0.15, 0.2) is 0 Å². The molecule has 0 saturated heterocycles. The minimum Gasteiger partial charge on any atom is -0.399 e. The highest BCUT2D eigenvalue weighted by Gasteiger charge is 2.25. The molecule has 0 fully saturated rings. The van der Waals surface area contributed by atoms with Crippen molar-refractivity contribution in [1.29, 1.82) is 0 Å². The number of nitrogens with two attached hydrogens (primary N) is 1. The number of nitrogen functional groups attached to an aromatic ring is 1. The van der Waals surface area contributed by atoms with Crippen molar-refractivity contribution in [2.45, 2.75) is 10.8 Å². The number of benzene rings is 1. The van der Waals surface area contributed by atoms with Crippen molar-refractivity contribution >= 4 is 54.6 Å². The van der Waals surface area contributed by atoms with Crippen LogP contribution in [0.5, 0.6) is 0 Å². The van der Waals surface area contributed by atoms with Crippen LogP contribution in [0.4, 0.5) is 5.69 Å². The molecule has 0 aliphatic rings. The molecule has 0 aliphatic carbocycles. The normalized spacial score (nSPS) is 12.0. The van der Waals surface area contributed by atoms with Crippen LogP contribution < -0.4 is 5.73 Å². The molecule has 2 N–H and O–H groups in total. The fourth-order valence-electron chi connectivity index (χ4n) is 1.65. The zero-order valence-electron chi connectivity index (χ0n) is 10.5. The van der Waals surface area contributed by atoms with Crippen LogP contribution in [0, 0.1) is 0 Å². The maximum Gasteiger partial charge on any atom is 0.253 e. The summed E-state index contributed by atoms with van der Waals surface area (Å²) in [5.74, 6) is 0. The third kappa shape index (κ3) is 3.17. The Morgan fingerprint density at radius 1 is 1.40 bits per heavy atom. The topological polar surface area (TPSA) is 63.4 Å². The van der Waals surface area contributed by atoms with Gasteiger partial charge in [0.1, 0.15) is 4.21 Å². The number of thiophene rings is 1. The van der Waals surface area contributed by atoms with Gasteiger partial charge >= 0.3 is 0 Å². The Balaban J connectivity index is 2.30. The van der Waals surface area contributed by atoms with Crippen molar-refractivity contribution in [2.24, 2.45) is 0 Å². The molecule has 2 rings (SSSR count). The van der Waals surface area contributed by atoms with E-state index in [1.165, 1.54) is 22.7 Å². The minimum atomic E-state index is -3.55. The molecule has 0 saturated carbocycles. The summed E-state index contributed by atoms with van der Waals surface area (Å²) in [6, 6.07) is 6.72. The molecule has 0 spiro atoms. The highest BCUT2D eigenvalue weighted by Crippen LogP contribution is 2.31. The molecule has 8 heteroatoms. The first kappa shape index (κ1) is 15.8. The number of hydrogen-bond acceptors (Lipinski definition) is 4. The molecule has 0 unspecified atom stereocenters. The molecule has 2 aromatic rings. The number of sulfonamides is 1. The second kappa shape index (κ2) is 6.03. The van der Waals surface area contributed by atoms with Crippen LogP contribution in [0.15, 0.2) is 38.3 Å². The Morgan fingerprint density at radius 3 is 2.70 bits per heavy atom. The van der Waals surface area contributed by atoms with E-state index in [0.717, 1.165) is 0 Å². The summed E-state index contributed by atoms with van der Waals surface area (Å²) >= 11 is 10.5. The fourth-order valence-corrected chi connectivity index (χ4v) is 5.47. The van der Waals surface area contributed by atoms with Gasteiger partial charge in [-0.1, -0.05) is 11.6 Å². The van der Waals surface area contributed by atoms with Crippen LogP contribution in [-0.4, -0.2) is 19.8 Å². The van der Waals surface area contributed by atoms with E-state index in [0.29, 0.717) is 20.7 Å². The highest BCUT2D eigenvalue weighted by molar-refractivity contribution is 9.10. The van der Waals surface area contributed by atoms with E-state index >= 15 is 0 Å². The van der Waals surface area contributed by atoms with Gasteiger partial charge < -0.3 is 5.73 Å². The molecule has 0 aliphatic heterocycles. The Morgan fingerprint density at radius 2 is 2.10 bits per heavy atom. The summed E-state index contributed by atoms with van der Waals surface area (Å²) < 4.78 is 27.0. The molecule has 20 heavy (non-hydrogen) atoms. The van der Waals surface area contributed by atoms with Gasteiger partial charge in [0.2, 0.25) is 0 Å². The van der Waals surface area contributed by atoms with E-state index < -0.39 is 10.0 Å². The van der Waals surface area contributed by atoms with E-state index in [1.54, 1.807) is 29.6 Å². The number of nitrogens with zero attached hydrogens (tertiary/aromatic N) is 1. The summed E-state index contributed by atoms with van der Waals surface area (Å²) in [7, 11) is -2.03. The van der Waals surface area contributed by atoms with Crippen LogP contribution in [0.1, 0.15) is 5.56 Å². The van der Waals surface area contributed by atoms with E-state index in [9.17, 15) is 8.42 Å². The first-order valence-corrected chi connectivity index (χ1v) is 9.04. The Bertz CT molecular complexity index is 731. The number of hydrogen-bond donors (Lipinski definition) is 1. The lowest BCUT2D eigenvalue weighted by Crippen LogP contribution is -2.26. The van der Waals surface area contributed by atoms with Crippen molar-refractivity contribution in [1.82, 2.24) is 4.31 Å². The summed E-state index contributed by atoms with van der Waals surface area (Å²) in [6.07, 6.45) is 0. The van der Waals surface area contributed by atoms with Gasteiger partial charge in [-0.25, -0.2) is 8.42 Å². The number of rotatable bonds is 4. The predicted octanol–water partition coefficient (Wildman–Crippen LogP) is 3.57. The van der Waals surface area contributed by atoms with Crippen molar-refractivity contribution in [2.75, 3.05) is 12.8 Å². The number of halogens is 2. The smallest absolute Gasteiger partial charge is 0.253 e. The van der Waals surface area contributed by atoms with Gasteiger partial charge in [0, 0.05) is 28.8 Å². The maximum atomic E-state index is 12.4. The summed E-state index contributed by atoms with van der Waals surface area (Å²) in [5, 5.41) is 2.21. The summed E-state index contributed by atoms with van der Waals surface area (Å²) in [6.45, 7) is 0.163. The van der Waals surface area contributed by atoms with Crippen molar-refractivity contribution in [3.05, 3.63) is 44.7 Å².